The fourth-order valence-electron chi connectivity index (χ4n) is 2.75. The monoisotopic (exact) mass is 371 g/mol. The molecular formula is C20H25N3O4. The number of carbonyl (C=O) groups excluding carboxylic acids is 1. The number of hydrogen-bond donors (Lipinski definition) is 2. The van der Waals surface area contributed by atoms with Gasteiger partial charge in [0.1, 0.15) is 0 Å². The molecule has 1 amide bonds. The Morgan fingerprint density at radius 2 is 1.74 bits per heavy atom. The van der Waals surface area contributed by atoms with Crippen LogP contribution in [0.4, 0.5) is 0 Å². The van der Waals surface area contributed by atoms with E-state index in [2.05, 4.69) is 10.4 Å². The van der Waals surface area contributed by atoms with Gasteiger partial charge in [-0.15, -0.1) is 0 Å². The van der Waals surface area contributed by atoms with Gasteiger partial charge in [0.25, 0.3) is 5.91 Å². The molecule has 1 aromatic carbocycles. The lowest BCUT2D eigenvalue weighted by Gasteiger charge is -2.11. The number of hydrogen-bond acceptors (Lipinski definition) is 4. The average molecular weight is 371 g/mol. The zero-order chi connectivity index (χ0) is 19.6. The number of unbranched alkanes of at least 4 members (excludes halogenated alkanes) is 4. The molecule has 2 rings (SSSR count). The zero-order valence-corrected chi connectivity index (χ0v) is 15.5. The van der Waals surface area contributed by atoms with E-state index < -0.39 is 17.3 Å². The standard InChI is InChI=1S/C20H25N3O4/c1-15-14-17(24)19(22-23(15)16-10-6-5-7-11-16)20(27)21-13-9-4-2-3-8-12-18(25)26/h5-7,10-11,14H,2-4,8-9,12-13H2,1H3,(H,21,27)(H,25,26). The van der Waals surface area contributed by atoms with E-state index in [4.69, 9.17) is 5.11 Å². The van der Waals surface area contributed by atoms with Crippen molar-refractivity contribution < 1.29 is 14.7 Å². The molecule has 7 heteroatoms. The maximum atomic E-state index is 12.3. The lowest BCUT2D eigenvalue weighted by atomic mass is 10.1. The number of rotatable bonds is 10. The highest BCUT2D eigenvalue weighted by atomic mass is 16.4. The highest BCUT2D eigenvalue weighted by molar-refractivity contribution is 5.92. The van der Waals surface area contributed by atoms with Gasteiger partial charge in [-0.25, -0.2) is 4.68 Å². The Labute approximate surface area is 158 Å². The number of benzene rings is 1. The molecule has 2 aromatic rings. The minimum absolute atomic E-state index is 0.120. The molecule has 0 atom stereocenters. The van der Waals surface area contributed by atoms with Crippen LogP contribution >= 0.6 is 0 Å². The Balaban J connectivity index is 1.87. The Morgan fingerprint density at radius 1 is 1.07 bits per heavy atom. The van der Waals surface area contributed by atoms with Crippen molar-refractivity contribution in [2.24, 2.45) is 0 Å². The van der Waals surface area contributed by atoms with Crippen LogP contribution in [0.1, 0.15) is 54.7 Å². The largest absolute Gasteiger partial charge is 0.481 e. The van der Waals surface area contributed by atoms with E-state index in [0.717, 1.165) is 31.4 Å². The van der Waals surface area contributed by atoms with E-state index in [9.17, 15) is 14.4 Å². The van der Waals surface area contributed by atoms with Gasteiger partial charge in [-0.1, -0.05) is 37.5 Å². The topological polar surface area (TPSA) is 101 Å². The molecule has 0 saturated carbocycles. The second-order valence-corrected chi connectivity index (χ2v) is 6.41. The molecule has 0 aliphatic carbocycles. The van der Waals surface area contributed by atoms with Crippen LogP contribution in [0.3, 0.4) is 0 Å². The molecule has 0 bridgehead atoms. The number of carbonyl (C=O) groups is 2. The van der Waals surface area contributed by atoms with Gasteiger partial charge in [-0.3, -0.25) is 14.4 Å². The van der Waals surface area contributed by atoms with Crippen molar-refractivity contribution in [3.63, 3.8) is 0 Å². The molecule has 1 heterocycles. The summed E-state index contributed by atoms with van der Waals surface area (Å²) >= 11 is 0. The number of nitrogens with one attached hydrogen (secondary N) is 1. The fourth-order valence-corrected chi connectivity index (χ4v) is 2.75. The summed E-state index contributed by atoms with van der Waals surface area (Å²) in [6.45, 7) is 2.23. The van der Waals surface area contributed by atoms with Crippen LogP contribution in [0.25, 0.3) is 5.69 Å². The molecule has 0 spiro atoms. The second-order valence-electron chi connectivity index (χ2n) is 6.41. The molecule has 7 nitrogen and oxygen atoms in total. The van der Waals surface area contributed by atoms with Crippen molar-refractivity contribution in [1.82, 2.24) is 15.1 Å². The van der Waals surface area contributed by atoms with E-state index in [1.165, 1.54) is 6.07 Å². The summed E-state index contributed by atoms with van der Waals surface area (Å²) in [4.78, 5) is 34.9. The molecule has 2 N–H and O–H groups in total. The van der Waals surface area contributed by atoms with Crippen LogP contribution in [-0.2, 0) is 4.79 Å². The molecule has 0 fully saturated rings. The number of nitrogens with zero attached hydrogens (tertiary/aromatic N) is 2. The Bertz CT molecular complexity index is 831. The first kappa shape index (κ1) is 20.4. The number of para-hydroxylation sites is 1. The Hall–Kier alpha value is -2.96. The van der Waals surface area contributed by atoms with Crippen molar-refractivity contribution in [2.45, 2.75) is 45.4 Å². The Kier molecular flexibility index (Phi) is 7.73. The van der Waals surface area contributed by atoms with E-state index in [1.807, 2.05) is 30.3 Å². The third-order valence-electron chi connectivity index (χ3n) is 4.18. The third kappa shape index (κ3) is 6.36. The van der Waals surface area contributed by atoms with Crippen LogP contribution in [-0.4, -0.2) is 33.3 Å². The van der Waals surface area contributed by atoms with Gasteiger partial charge in [0, 0.05) is 24.7 Å². The number of aryl methyl sites for hydroxylation is 1. The predicted molar refractivity (Wildman–Crippen MR) is 102 cm³/mol. The molecule has 1 aromatic heterocycles. The number of carboxylic acid groups (broad SMARTS) is 1. The van der Waals surface area contributed by atoms with Gasteiger partial charge in [-0.2, -0.15) is 5.10 Å². The van der Waals surface area contributed by atoms with Crippen molar-refractivity contribution >= 4 is 11.9 Å². The molecule has 0 unspecified atom stereocenters. The zero-order valence-electron chi connectivity index (χ0n) is 15.5. The van der Waals surface area contributed by atoms with Gasteiger partial charge in [0.2, 0.25) is 5.43 Å². The summed E-state index contributed by atoms with van der Waals surface area (Å²) in [6.07, 6.45) is 4.33. The van der Waals surface area contributed by atoms with E-state index in [-0.39, 0.29) is 12.1 Å². The first-order valence-electron chi connectivity index (χ1n) is 9.15. The summed E-state index contributed by atoms with van der Waals surface area (Å²) in [7, 11) is 0. The molecule has 27 heavy (non-hydrogen) atoms. The maximum absolute atomic E-state index is 12.3. The van der Waals surface area contributed by atoms with Crippen molar-refractivity contribution in [3.05, 3.63) is 58.0 Å². The Morgan fingerprint density at radius 3 is 2.44 bits per heavy atom. The van der Waals surface area contributed by atoms with E-state index in [0.29, 0.717) is 18.7 Å². The quantitative estimate of drug-likeness (QED) is 0.625. The highest BCUT2D eigenvalue weighted by Crippen LogP contribution is 2.08. The van der Waals surface area contributed by atoms with E-state index >= 15 is 0 Å². The normalized spacial score (nSPS) is 10.6. The van der Waals surface area contributed by atoms with Crippen molar-refractivity contribution in [2.75, 3.05) is 6.54 Å². The molecule has 0 aliphatic rings. The van der Waals surface area contributed by atoms with Gasteiger partial charge in [0.15, 0.2) is 5.69 Å². The number of aliphatic carboxylic acids is 1. The van der Waals surface area contributed by atoms with Crippen molar-refractivity contribution in [3.8, 4) is 5.69 Å². The molecule has 0 saturated heterocycles. The van der Waals surface area contributed by atoms with Crippen LogP contribution in [0.15, 0.2) is 41.2 Å². The minimum Gasteiger partial charge on any atom is -0.481 e. The number of aromatic nitrogens is 2. The highest BCUT2D eigenvalue weighted by Gasteiger charge is 2.14. The van der Waals surface area contributed by atoms with Crippen LogP contribution in [0.5, 0.6) is 0 Å². The summed E-state index contributed by atoms with van der Waals surface area (Å²) in [6, 6.07) is 10.7. The summed E-state index contributed by atoms with van der Waals surface area (Å²) in [5.41, 5.74) is 0.922. The first-order valence-corrected chi connectivity index (χ1v) is 9.15. The van der Waals surface area contributed by atoms with Gasteiger partial charge in [0.05, 0.1) is 5.69 Å². The summed E-state index contributed by atoms with van der Waals surface area (Å²) in [5.74, 6) is -1.25. The van der Waals surface area contributed by atoms with Gasteiger partial charge in [-0.05, 0) is 31.9 Å². The van der Waals surface area contributed by atoms with Gasteiger partial charge >= 0.3 is 5.97 Å². The third-order valence-corrected chi connectivity index (χ3v) is 4.18. The summed E-state index contributed by atoms with van der Waals surface area (Å²) in [5, 5.41) is 15.5. The van der Waals surface area contributed by atoms with Crippen LogP contribution in [0.2, 0.25) is 0 Å². The van der Waals surface area contributed by atoms with E-state index in [1.54, 1.807) is 11.6 Å². The van der Waals surface area contributed by atoms with Crippen molar-refractivity contribution in [1.29, 1.82) is 0 Å². The predicted octanol–water partition coefficient (Wildman–Crippen LogP) is 2.70. The lowest BCUT2D eigenvalue weighted by Crippen LogP contribution is -2.32. The average Bonchev–Trinajstić information content (AvgIpc) is 2.64. The smallest absolute Gasteiger partial charge is 0.303 e. The molecule has 0 radical (unpaired) electrons. The van der Waals surface area contributed by atoms with Crippen LogP contribution in [0, 0.1) is 6.92 Å². The SMILES string of the molecule is Cc1cc(=O)c(C(=O)NCCCCCCCC(=O)O)nn1-c1ccccc1. The first-order chi connectivity index (χ1) is 13.0. The molecular weight excluding hydrogens is 346 g/mol. The number of amides is 1. The van der Waals surface area contributed by atoms with Gasteiger partial charge < -0.3 is 10.4 Å². The molecule has 144 valence electrons. The number of carboxylic acids is 1. The minimum atomic E-state index is -0.769. The maximum Gasteiger partial charge on any atom is 0.303 e. The molecule has 0 aliphatic heterocycles. The fraction of sp³-hybridized carbons (Fsp3) is 0.400. The van der Waals surface area contributed by atoms with Crippen LogP contribution < -0.4 is 10.7 Å². The summed E-state index contributed by atoms with van der Waals surface area (Å²) < 4.78 is 1.58. The second kappa shape index (κ2) is 10.3. The lowest BCUT2D eigenvalue weighted by molar-refractivity contribution is -0.137.